The van der Waals surface area contributed by atoms with Crippen LogP contribution in [0.2, 0.25) is 0 Å². The zero-order chi connectivity index (χ0) is 17.3. The van der Waals surface area contributed by atoms with Gasteiger partial charge in [-0.1, -0.05) is 31.4 Å². The van der Waals surface area contributed by atoms with Gasteiger partial charge in [0.15, 0.2) is 6.61 Å². The maximum absolute atomic E-state index is 12.0. The van der Waals surface area contributed by atoms with Crippen molar-refractivity contribution in [2.24, 2.45) is 0 Å². The Bertz CT molecular complexity index is 552. The summed E-state index contributed by atoms with van der Waals surface area (Å²) in [7, 11) is 0. The van der Waals surface area contributed by atoms with Crippen molar-refractivity contribution < 1.29 is 14.3 Å². The lowest BCUT2D eigenvalue weighted by Crippen LogP contribution is -2.30. The van der Waals surface area contributed by atoms with Gasteiger partial charge in [-0.25, -0.2) is 0 Å². The second-order valence-corrected chi connectivity index (χ2v) is 7.22. The topological polar surface area (TPSA) is 47.6 Å². The molecule has 1 saturated carbocycles. The van der Waals surface area contributed by atoms with E-state index < -0.39 is 0 Å². The van der Waals surface area contributed by atoms with Crippen LogP contribution in [0.15, 0.2) is 18.2 Å². The Morgan fingerprint density at radius 2 is 1.92 bits per heavy atom. The third-order valence-corrected chi connectivity index (χ3v) is 5.26. The van der Waals surface area contributed by atoms with Crippen LogP contribution in [0.25, 0.3) is 0 Å². The fraction of sp³-hybridized carbons (Fsp3) is 0.667. The molecule has 3 rings (SSSR count). The number of hydrogen-bond donors (Lipinski definition) is 1. The first kappa shape index (κ1) is 18.2. The van der Waals surface area contributed by atoms with Crippen LogP contribution in [-0.4, -0.2) is 31.8 Å². The Balaban J connectivity index is 1.30. The molecule has 2 aliphatic rings. The zero-order valence-electron chi connectivity index (χ0n) is 15.2. The molecule has 25 heavy (non-hydrogen) atoms. The maximum atomic E-state index is 12.0. The van der Waals surface area contributed by atoms with Crippen LogP contribution in [0.5, 0.6) is 5.75 Å². The van der Waals surface area contributed by atoms with Gasteiger partial charge in [-0.05, 0) is 62.1 Å². The van der Waals surface area contributed by atoms with E-state index in [4.69, 9.17) is 9.47 Å². The molecule has 0 aliphatic heterocycles. The molecule has 138 valence electrons. The number of aryl methyl sites for hydroxylation is 1. The molecule has 0 unspecified atom stereocenters. The summed E-state index contributed by atoms with van der Waals surface area (Å²) in [5.41, 5.74) is 2.67. The van der Waals surface area contributed by atoms with E-state index in [-0.39, 0.29) is 12.5 Å². The third-order valence-electron chi connectivity index (χ3n) is 5.26. The van der Waals surface area contributed by atoms with Gasteiger partial charge >= 0.3 is 0 Å². The van der Waals surface area contributed by atoms with Crippen LogP contribution < -0.4 is 10.1 Å². The number of nitrogens with one attached hydrogen (secondary N) is 1. The van der Waals surface area contributed by atoms with Crippen molar-refractivity contribution >= 4 is 5.91 Å². The van der Waals surface area contributed by atoms with Crippen LogP contribution >= 0.6 is 0 Å². The fourth-order valence-corrected chi connectivity index (χ4v) is 3.86. The Morgan fingerprint density at radius 3 is 2.80 bits per heavy atom. The number of amides is 1. The standard InChI is InChI=1S/C21H31NO3/c23-21(22-14-7-15-24-18-10-2-1-3-11-18)16-25-20-13-6-9-17-8-4-5-12-19(17)20/h6,9,13,18H,1-5,7-8,10-12,14-16H2,(H,22,23). The third kappa shape index (κ3) is 5.74. The van der Waals surface area contributed by atoms with Crippen molar-refractivity contribution in [1.29, 1.82) is 0 Å². The highest BCUT2D eigenvalue weighted by molar-refractivity contribution is 5.77. The molecule has 0 heterocycles. The van der Waals surface area contributed by atoms with E-state index in [1.54, 1.807) is 0 Å². The molecule has 4 nitrogen and oxygen atoms in total. The predicted octanol–water partition coefficient (Wildman–Crippen LogP) is 3.80. The second-order valence-electron chi connectivity index (χ2n) is 7.22. The average Bonchev–Trinajstić information content (AvgIpc) is 2.67. The molecule has 0 bridgehead atoms. The van der Waals surface area contributed by atoms with E-state index in [2.05, 4.69) is 11.4 Å². The molecule has 0 saturated heterocycles. The predicted molar refractivity (Wildman–Crippen MR) is 99.0 cm³/mol. The summed E-state index contributed by atoms with van der Waals surface area (Å²) < 4.78 is 11.6. The lowest BCUT2D eigenvalue weighted by Gasteiger charge is -2.22. The van der Waals surface area contributed by atoms with E-state index in [0.717, 1.165) is 31.6 Å². The first-order valence-electron chi connectivity index (χ1n) is 9.95. The highest BCUT2D eigenvalue weighted by Gasteiger charge is 2.15. The van der Waals surface area contributed by atoms with Gasteiger partial charge in [0.25, 0.3) is 5.91 Å². The van der Waals surface area contributed by atoms with Crippen LogP contribution in [0.1, 0.15) is 62.5 Å². The van der Waals surface area contributed by atoms with Crippen LogP contribution in [0.3, 0.4) is 0 Å². The highest BCUT2D eigenvalue weighted by atomic mass is 16.5. The quantitative estimate of drug-likeness (QED) is 0.729. The summed E-state index contributed by atoms with van der Waals surface area (Å²) in [6.07, 6.45) is 12.3. The lowest BCUT2D eigenvalue weighted by atomic mass is 9.91. The van der Waals surface area contributed by atoms with E-state index in [9.17, 15) is 4.79 Å². The van der Waals surface area contributed by atoms with Crippen molar-refractivity contribution in [3.63, 3.8) is 0 Å². The van der Waals surface area contributed by atoms with Crippen molar-refractivity contribution in [1.82, 2.24) is 5.32 Å². The van der Waals surface area contributed by atoms with E-state index in [0.29, 0.717) is 12.6 Å². The minimum Gasteiger partial charge on any atom is -0.483 e. The van der Waals surface area contributed by atoms with E-state index >= 15 is 0 Å². The summed E-state index contributed by atoms with van der Waals surface area (Å²) in [6.45, 7) is 1.49. The van der Waals surface area contributed by atoms with Crippen molar-refractivity contribution in [2.45, 2.75) is 70.3 Å². The molecule has 1 N–H and O–H groups in total. The normalized spacial score (nSPS) is 17.8. The first-order valence-corrected chi connectivity index (χ1v) is 9.95. The summed E-state index contributed by atoms with van der Waals surface area (Å²) >= 11 is 0. The van der Waals surface area contributed by atoms with Gasteiger partial charge in [0.1, 0.15) is 5.75 Å². The van der Waals surface area contributed by atoms with Crippen LogP contribution in [0, 0.1) is 0 Å². The summed E-state index contributed by atoms with van der Waals surface area (Å²) in [4.78, 5) is 12.0. The summed E-state index contributed by atoms with van der Waals surface area (Å²) in [6, 6.07) is 6.18. The maximum Gasteiger partial charge on any atom is 0.257 e. The largest absolute Gasteiger partial charge is 0.483 e. The van der Waals surface area contributed by atoms with E-state index in [1.165, 1.54) is 56.1 Å². The van der Waals surface area contributed by atoms with Crippen molar-refractivity contribution in [3.05, 3.63) is 29.3 Å². The van der Waals surface area contributed by atoms with Crippen molar-refractivity contribution in [3.8, 4) is 5.75 Å². The van der Waals surface area contributed by atoms with Gasteiger partial charge < -0.3 is 14.8 Å². The summed E-state index contributed by atoms with van der Waals surface area (Å²) in [5, 5.41) is 2.93. The molecule has 1 fully saturated rings. The molecule has 1 amide bonds. The minimum atomic E-state index is -0.0499. The monoisotopic (exact) mass is 345 g/mol. The average molecular weight is 345 g/mol. The Hall–Kier alpha value is -1.55. The number of rotatable bonds is 8. The van der Waals surface area contributed by atoms with Crippen LogP contribution in [0.4, 0.5) is 0 Å². The second kappa shape index (κ2) is 9.81. The molecular weight excluding hydrogens is 314 g/mol. The Kier molecular flexibility index (Phi) is 7.16. The summed E-state index contributed by atoms with van der Waals surface area (Å²) in [5.74, 6) is 0.832. The number of carbonyl (C=O) groups is 1. The number of carbonyl (C=O) groups excluding carboxylic acids is 1. The molecular formula is C21H31NO3. The Morgan fingerprint density at radius 1 is 1.08 bits per heavy atom. The SMILES string of the molecule is O=C(COc1cccc2c1CCCC2)NCCCOC1CCCCC1. The van der Waals surface area contributed by atoms with Crippen molar-refractivity contribution in [2.75, 3.05) is 19.8 Å². The van der Waals surface area contributed by atoms with Gasteiger partial charge in [0.05, 0.1) is 6.10 Å². The molecule has 1 aromatic rings. The molecule has 1 aromatic carbocycles. The molecule has 4 heteroatoms. The van der Waals surface area contributed by atoms with Gasteiger partial charge in [-0.3, -0.25) is 4.79 Å². The lowest BCUT2D eigenvalue weighted by molar-refractivity contribution is -0.123. The van der Waals surface area contributed by atoms with Gasteiger partial charge in [0, 0.05) is 13.2 Å². The number of ether oxygens (including phenoxy) is 2. The first-order chi connectivity index (χ1) is 12.3. The highest BCUT2D eigenvalue weighted by Crippen LogP contribution is 2.29. The molecule has 0 spiro atoms. The number of benzene rings is 1. The Labute approximate surface area is 151 Å². The fourth-order valence-electron chi connectivity index (χ4n) is 3.86. The smallest absolute Gasteiger partial charge is 0.257 e. The zero-order valence-corrected chi connectivity index (χ0v) is 15.2. The molecule has 0 radical (unpaired) electrons. The molecule has 0 atom stereocenters. The van der Waals surface area contributed by atoms with Gasteiger partial charge in [-0.2, -0.15) is 0 Å². The molecule has 0 aromatic heterocycles. The van der Waals surface area contributed by atoms with Crippen LogP contribution in [-0.2, 0) is 22.4 Å². The minimum absolute atomic E-state index is 0.0499. The van der Waals surface area contributed by atoms with E-state index in [1.807, 2.05) is 12.1 Å². The van der Waals surface area contributed by atoms with Gasteiger partial charge in [-0.15, -0.1) is 0 Å². The number of hydrogen-bond acceptors (Lipinski definition) is 3. The number of fused-ring (bicyclic) bond motifs is 1. The molecule has 2 aliphatic carbocycles. The van der Waals surface area contributed by atoms with Gasteiger partial charge in [0.2, 0.25) is 0 Å².